The smallest absolute Gasteiger partial charge is 0.351 e. The van der Waals surface area contributed by atoms with Crippen LogP contribution in [0.3, 0.4) is 0 Å². The molecule has 8 aliphatic rings. The number of nitrogen functional groups attached to an aromatic ring is 1. The molecule has 8 aliphatic heterocycles. The van der Waals surface area contributed by atoms with Crippen molar-refractivity contribution in [2.75, 3.05) is 11.1 Å². The highest BCUT2D eigenvalue weighted by atomic mass is 16.6. The first kappa shape index (κ1) is 63.4. The highest BCUT2D eigenvalue weighted by Crippen LogP contribution is 2.63. The third-order valence-electron chi connectivity index (χ3n) is 21.3. The van der Waals surface area contributed by atoms with Gasteiger partial charge >= 0.3 is 22.8 Å². The van der Waals surface area contributed by atoms with Gasteiger partial charge in [0.1, 0.15) is 64.3 Å². The Balaban J connectivity index is 0.000000111. The lowest BCUT2D eigenvalue weighted by atomic mass is 9.85. The predicted octanol–water partition coefficient (Wildman–Crippen LogP) is 2.82. The maximum atomic E-state index is 12.9. The Morgan fingerprint density at radius 3 is 1.29 bits per heavy atom. The maximum absolute atomic E-state index is 12.9. The second kappa shape index (κ2) is 22.8. The molecule has 4 saturated heterocycles. The molecule has 8 bridgehead atoms. The van der Waals surface area contributed by atoms with Gasteiger partial charge in [-0.05, 0) is 65.5 Å². The Bertz CT molecular complexity index is 4800. The van der Waals surface area contributed by atoms with Crippen molar-refractivity contribution >= 4 is 17.5 Å². The van der Waals surface area contributed by atoms with Gasteiger partial charge in [-0.3, -0.25) is 42.6 Å². The quantitative estimate of drug-likeness (QED) is 0.131. The molecule has 9 aromatic rings. The highest BCUT2D eigenvalue weighted by molar-refractivity contribution is 6.04. The number of nitrogens with two attached hydrogens (primary N) is 1. The lowest BCUT2D eigenvalue weighted by molar-refractivity contribution is -0.122. The van der Waals surface area contributed by atoms with Crippen LogP contribution < -0.4 is 44.9 Å². The van der Waals surface area contributed by atoms with E-state index in [-0.39, 0.29) is 59.0 Å². The van der Waals surface area contributed by atoms with E-state index >= 15 is 0 Å². The SMILES string of the molecule is CC[C@@]12O[C@@H](n3cc(C)c(=O)[nH]c3=O)[C@H](C1C)n1nncc12.CC[C@@]12O[C@@H](n3cc(C)c(=O)[nH]c3=O)[C@H](C1O)n1nncc12.CC[C@@]12O[C@@H](n3cc(C)c(N)nc3=O)[C@H](C1C)n1nncc12.CC[C@@]12O[C@@H](n3cc(C)c(NC(=O)c4ccccc4)nc3=O)[C@H](C1C)n1nncc12. The average molecular weight is 1320 g/mol. The van der Waals surface area contributed by atoms with Crippen LogP contribution in [0.15, 0.2) is 109 Å². The third kappa shape index (κ3) is 8.96. The van der Waals surface area contributed by atoms with E-state index in [2.05, 4.69) is 108 Å². The topological polar surface area (TPSA) is 415 Å². The molecule has 16 heterocycles. The van der Waals surface area contributed by atoms with E-state index in [9.17, 15) is 38.7 Å². The van der Waals surface area contributed by atoms with Gasteiger partial charge < -0.3 is 35.1 Å². The van der Waals surface area contributed by atoms with Crippen molar-refractivity contribution in [3.63, 3.8) is 0 Å². The fraction of sp³-hybridized carbons (Fsp3) is 0.500. The second-order valence-corrected chi connectivity index (χ2v) is 25.8. The summed E-state index contributed by atoms with van der Waals surface area (Å²) in [5.41, 5.74) is 6.98. The average Bonchev–Trinajstić information content (AvgIpc) is 1.06. The van der Waals surface area contributed by atoms with E-state index in [1.807, 2.05) is 34.0 Å². The first-order valence-electron chi connectivity index (χ1n) is 31.9. The predicted molar refractivity (Wildman–Crippen MR) is 335 cm³/mol. The first-order chi connectivity index (χ1) is 45.9. The summed E-state index contributed by atoms with van der Waals surface area (Å²) in [5, 5.41) is 45.9. The molecular weight excluding hydrogens is 1240 g/mol. The highest BCUT2D eigenvalue weighted by Gasteiger charge is 2.66. The summed E-state index contributed by atoms with van der Waals surface area (Å²) in [6.45, 7) is 21.3. The monoisotopic (exact) mass is 1320 g/mol. The lowest BCUT2D eigenvalue weighted by Crippen LogP contribution is -2.38. The molecule has 1 amide bonds. The van der Waals surface area contributed by atoms with E-state index < -0.39 is 87.8 Å². The number of carbonyl (C=O) groups is 1. The largest absolute Gasteiger partial charge is 0.387 e. The number of hydrogen-bond donors (Lipinski definition) is 5. The van der Waals surface area contributed by atoms with Crippen LogP contribution in [0.4, 0.5) is 11.6 Å². The number of aliphatic hydroxyl groups is 1. The summed E-state index contributed by atoms with van der Waals surface area (Å²) in [6, 6.07) is 7.92. The number of nitrogens with zero attached hydrogens (tertiary/aromatic N) is 18. The number of carbonyl (C=O) groups excluding carboxylic acids is 1. The lowest BCUT2D eigenvalue weighted by Gasteiger charge is -2.31. The number of amides is 1. The van der Waals surface area contributed by atoms with Crippen LogP contribution in [0.25, 0.3) is 0 Å². The van der Waals surface area contributed by atoms with E-state index in [0.717, 1.165) is 41.9 Å². The summed E-state index contributed by atoms with van der Waals surface area (Å²) < 4.78 is 38.1. The summed E-state index contributed by atoms with van der Waals surface area (Å²) >= 11 is 0. The molecule has 0 radical (unpaired) electrons. The standard InChI is InChI=1S/C21H22N6O3.C14H18N6O2.C14H17N5O3.C13H15N5O4/c1-4-21-13(3)16(27-15(21)10-22-25-27)19(30-21)26-11-12(2)17(24-20(26)29)23-18(28)14-8-6-5-7-9-14;1-4-14-8(3)10(20-9(14)5-16-18-20)12(22-14)19-6-7(2)11(15)17-13(19)21;1-4-14-8(3)10(19-9(14)5-15-17-19)12(22-14)18-6-7(2)11(20)16-13(18)21;1-3-13-7-4-14-16-18(7)8(9(13)19)11(22-13)17-5-6(2)10(20)15-12(17)21/h5-11,13,16,19H,4H2,1-3H3,(H,23,24,28,29);5-6,8,10,12H,4H2,1-3H3,(H2,15,17,21);5-6,8,10,12H,4H2,1-3H3,(H,16,20,21);4-5,8-9,11,19H,3H2,1-2H3,(H,15,20,21)/t13?,16-,19+,21+;2*8?,10-,12+,14+;8-,9?,11+,13-/m0000/s1. The number of nitrogens with one attached hydrogen (secondary N) is 3. The van der Waals surface area contributed by atoms with Crippen molar-refractivity contribution in [3.05, 3.63) is 193 Å². The van der Waals surface area contributed by atoms with Crippen LogP contribution in [-0.4, -0.2) is 115 Å². The fourth-order valence-corrected chi connectivity index (χ4v) is 16.0. The zero-order valence-corrected chi connectivity index (χ0v) is 54.3. The normalized spacial score (nSPS) is 30.6. The van der Waals surface area contributed by atoms with Crippen LogP contribution in [0, 0.1) is 45.4 Å². The number of anilines is 2. The van der Waals surface area contributed by atoms with Gasteiger partial charge in [0.15, 0.2) is 24.9 Å². The van der Waals surface area contributed by atoms with Crippen molar-refractivity contribution in [2.24, 2.45) is 17.8 Å². The number of hydrogen-bond acceptors (Lipinski definition) is 23. The number of aromatic amines is 2. The minimum atomic E-state index is -0.928. The molecule has 34 heteroatoms. The van der Waals surface area contributed by atoms with Crippen LogP contribution in [0.5, 0.6) is 0 Å². The number of aromatic nitrogens is 20. The number of fused-ring (bicyclic) bond motifs is 20. The van der Waals surface area contributed by atoms with E-state index in [0.29, 0.717) is 34.4 Å². The Labute approximate surface area is 544 Å². The molecular formula is C62H72N22O12. The molecule has 17 rings (SSSR count). The zero-order chi connectivity index (χ0) is 68.0. The van der Waals surface area contributed by atoms with Crippen molar-refractivity contribution < 1.29 is 28.8 Å². The number of rotatable bonds is 10. The molecule has 0 saturated carbocycles. The minimum absolute atomic E-state index is 0.0695. The third-order valence-corrected chi connectivity index (χ3v) is 21.3. The molecule has 1 aromatic carbocycles. The van der Waals surface area contributed by atoms with Gasteiger partial charge in [-0.25, -0.2) is 37.9 Å². The Kier molecular flexibility index (Phi) is 15.1. The summed E-state index contributed by atoms with van der Waals surface area (Å²) in [5.74, 6) is 0.704. The summed E-state index contributed by atoms with van der Waals surface area (Å²) in [4.78, 5) is 97.6. The number of ether oxygens (including phenoxy) is 4. The molecule has 96 heavy (non-hydrogen) atoms. The number of aryl methyl sites for hydroxylation is 4. The van der Waals surface area contributed by atoms with Gasteiger partial charge in [-0.1, -0.05) is 87.5 Å². The van der Waals surface area contributed by atoms with E-state index in [1.165, 1.54) is 24.5 Å². The van der Waals surface area contributed by atoms with Gasteiger partial charge in [0.25, 0.3) is 17.0 Å². The number of benzene rings is 1. The molecule has 16 atom stereocenters. The van der Waals surface area contributed by atoms with Crippen molar-refractivity contribution in [1.29, 1.82) is 0 Å². The number of H-pyrrole nitrogens is 2. The fourth-order valence-electron chi connectivity index (χ4n) is 16.0. The number of aliphatic hydroxyl groups excluding tert-OH is 1. The summed E-state index contributed by atoms with van der Waals surface area (Å²) in [6.07, 6.45) is 13.0. The first-order valence-corrected chi connectivity index (χ1v) is 31.9. The molecule has 4 fully saturated rings. The van der Waals surface area contributed by atoms with Crippen molar-refractivity contribution in [1.82, 2.24) is 98.2 Å². The molecule has 0 aliphatic carbocycles. The van der Waals surface area contributed by atoms with Crippen LogP contribution in [0.1, 0.15) is 179 Å². The molecule has 6 N–H and O–H groups in total. The van der Waals surface area contributed by atoms with Crippen LogP contribution >= 0.6 is 0 Å². The Morgan fingerprint density at radius 2 is 0.865 bits per heavy atom. The van der Waals surface area contributed by atoms with E-state index in [1.54, 1.807) is 93.1 Å². The van der Waals surface area contributed by atoms with Crippen LogP contribution in [-0.2, 0) is 41.4 Å². The molecule has 0 spiro atoms. The van der Waals surface area contributed by atoms with E-state index in [4.69, 9.17) is 24.7 Å². The van der Waals surface area contributed by atoms with Gasteiger partial charge in [0.05, 0.1) is 47.6 Å². The Hall–Kier alpha value is -10.0. The molecule has 8 aromatic heterocycles. The second-order valence-electron chi connectivity index (χ2n) is 25.8. The zero-order valence-electron chi connectivity index (χ0n) is 54.3. The van der Waals surface area contributed by atoms with Crippen LogP contribution in [0.2, 0.25) is 0 Å². The maximum Gasteiger partial charge on any atom is 0.351 e. The minimum Gasteiger partial charge on any atom is -0.387 e. The molecule has 4 unspecified atom stereocenters. The van der Waals surface area contributed by atoms with Crippen molar-refractivity contribution in [2.45, 2.75) is 179 Å². The van der Waals surface area contributed by atoms with Gasteiger partial charge in [0.2, 0.25) is 0 Å². The Morgan fingerprint density at radius 1 is 0.510 bits per heavy atom. The summed E-state index contributed by atoms with van der Waals surface area (Å²) in [7, 11) is 0. The van der Waals surface area contributed by atoms with Gasteiger partial charge in [-0.15, -0.1) is 20.4 Å². The molecule has 34 nitrogen and oxygen atoms in total. The molecule has 502 valence electrons. The van der Waals surface area contributed by atoms with Gasteiger partial charge in [-0.2, -0.15) is 9.97 Å². The van der Waals surface area contributed by atoms with Crippen molar-refractivity contribution in [3.8, 4) is 0 Å². The van der Waals surface area contributed by atoms with Gasteiger partial charge in [0, 0.05) is 70.4 Å².